The van der Waals surface area contributed by atoms with E-state index in [-0.39, 0.29) is 5.91 Å². The molecule has 0 saturated carbocycles. The van der Waals surface area contributed by atoms with Gasteiger partial charge in [0.25, 0.3) is 0 Å². The van der Waals surface area contributed by atoms with E-state index in [0.29, 0.717) is 18.9 Å². The summed E-state index contributed by atoms with van der Waals surface area (Å²) in [5, 5.41) is 7.33. The number of para-hydroxylation sites is 1. The van der Waals surface area contributed by atoms with Gasteiger partial charge in [0.05, 0.1) is 11.9 Å². The van der Waals surface area contributed by atoms with Gasteiger partial charge in [-0.1, -0.05) is 18.2 Å². The molecule has 0 radical (unpaired) electrons. The summed E-state index contributed by atoms with van der Waals surface area (Å²) in [5.74, 6) is 0.506. The van der Waals surface area contributed by atoms with Crippen molar-refractivity contribution in [3.05, 3.63) is 48.3 Å². The molecule has 1 unspecified atom stereocenters. The molecule has 1 amide bonds. The minimum absolute atomic E-state index is 0.117. The van der Waals surface area contributed by atoms with Crippen LogP contribution in [-0.2, 0) is 16.0 Å². The number of nitrogens with zero attached hydrogens (tertiary/aromatic N) is 2. The van der Waals surface area contributed by atoms with Gasteiger partial charge in [0.2, 0.25) is 5.91 Å². The van der Waals surface area contributed by atoms with E-state index in [9.17, 15) is 4.79 Å². The molecule has 2 aromatic rings. The summed E-state index contributed by atoms with van der Waals surface area (Å²) in [5.41, 5.74) is 2.16. The molecule has 1 aromatic heterocycles. The highest BCUT2D eigenvalue weighted by Gasteiger charge is 2.18. The van der Waals surface area contributed by atoms with E-state index in [4.69, 9.17) is 4.74 Å². The van der Waals surface area contributed by atoms with Crippen molar-refractivity contribution in [3.8, 4) is 5.69 Å². The van der Waals surface area contributed by atoms with Crippen LogP contribution in [0.2, 0.25) is 0 Å². The molecule has 3 rings (SSSR count). The Morgan fingerprint density at radius 3 is 3.00 bits per heavy atom. The van der Waals surface area contributed by atoms with Crippen LogP contribution in [0, 0.1) is 5.92 Å². The van der Waals surface area contributed by atoms with Gasteiger partial charge in [-0.25, -0.2) is 4.68 Å². The van der Waals surface area contributed by atoms with E-state index < -0.39 is 0 Å². The van der Waals surface area contributed by atoms with Crippen LogP contribution in [0.15, 0.2) is 42.7 Å². The maximum Gasteiger partial charge on any atom is 0.220 e. The lowest BCUT2D eigenvalue weighted by molar-refractivity contribution is -0.122. The molecule has 22 heavy (non-hydrogen) atoms. The lowest BCUT2D eigenvalue weighted by atomic mass is 10.0. The Labute approximate surface area is 130 Å². The average molecular weight is 299 g/mol. The number of carbonyl (C=O) groups excluding carboxylic acids is 1. The molecule has 1 aliphatic rings. The van der Waals surface area contributed by atoms with E-state index in [1.807, 2.05) is 47.4 Å². The topological polar surface area (TPSA) is 56.1 Å². The van der Waals surface area contributed by atoms with Gasteiger partial charge in [-0.15, -0.1) is 0 Å². The molecule has 116 valence electrons. The first-order chi connectivity index (χ1) is 10.8. The summed E-state index contributed by atoms with van der Waals surface area (Å²) in [6.07, 6.45) is 6.22. The Bertz CT molecular complexity index is 603. The summed E-state index contributed by atoms with van der Waals surface area (Å²) < 4.78 is 7.14. The van der Waals surface area contributed by atoms with Gasteiger partial charge >= 0.3 is 0 Å². The maximum absolute atomic E-state index is 11.8. The zero-order chi connectivity index (χ0) is 15.2. The molecular weight excluding hydrogens is 278 g/mol. The maximum atomic E-state index is 11.8. The molecule has 5 heteroatoms. The minimum atomic E-state index is 0.117. The van der Waals surface area contributed by atoms with Crippen molar-refractivity contribution in [2.75, 3.05) is 19.8 Å². The summed E-state index contributed by atoms with van der Waals surface area (Å²) in [6.45, 7) is 2.15. The van der Waals surface area contributed by atoms with Crippen LogP contribution in [0.1, 0.15) is 18.4 Å². The van der Waals surface area contributed by atoms with Crippen LogP contribution in [0.4, 0.5) is 0 Å². The number of hydrogen-bond donors (Lipinski definition) is 1. The van der Waals surface area contributed by atoms with E-state index in [0.717, 1.165) is 37.3 Å². The van der Waals surface area contributed by atoms with Crippen molar-refractivity contribution in [3.63, 3.8) is 0 Å². The van der Waals surface area contributed by atoms with E-state index in [1.54, 1.807) is 0 Å². The summed E-state index contributed by atoms with van der Waals surface area (Å²) in [6, 6.07) is 10.00. The number of benzene rings is 1. The van der Waals surface area contributed by atoms with E-state index in [2.05, 4.69) is 10.4 Å². The Hall–Kier alpha value is -2.14. The molecule has 0 spiro atoms. The normalized spacial score (nSPS) is 17.5. The van der Waals surface area contributed by atoms with E-state index in [1.165, 1.54) is 0 Å². The Morgan fingerprint density at radius 2 is 2.23 bits per heavy atom. The lowest BCUT2D eigenvalue weighted by Crippen LogP contribution is -2.27. The van der Waals surface area contributed by atoms with Crippen molar-refractivity contribution in [2.45, 2.75) is 19.3 Å². The molecule has 0 bridgehead atoms. The molecule has 1 atom stereocenters. The van der Waals surface area contributed by atoms with E-state index >= 15 is 0 Å². The second kappa shape index (κ2) is 7.22. The first-order valence-corrected chi connectivity index (χ1v) is 7.74. The van der Waals surface area contributed by atoms with Crippen LogP contribution < -0.4 is 5.32 Å². The zero-order valence-corrected chi connectivity index (χ0v) is 12.6. The highest BCUT2D eigenvalue weighted by Crippen LogP contribution is 2.15. The van der Waals surface area contributed by atoms with Crippen molar-refractivity contribution in [2.24, 2.45) is 5.92 Å². The van der Waals surface area contributed by atoms with Crippen LogP contribution in [0.3, 0.4) is 0 Å². The van der Waals surface area contributed by atoms with Gasteiger partial charge in [0.1, 0.15) is 0 Å². The molecular formula is C17H21N3O2. The summed E-state index contributed by atoms with van der Waals surface area (Å²) in [7, 11) is 0. The van der Waals surface area contributed by atoms with Gasteiger partial charge in [0, 0.05) is 32.4 Å². The predicted octanol–water partition coefficient (Wildman–Crippen LogP) is 1.96. The minimum Gasteiger partial charge on any atom is -0.381 e. The second-order valence-electron chi connectivity index (χ2n) is 5.66. The first kappa shape index (κ1) is 14.8. The highest BCUT2D eigenvalue weighted by molar-refractivity contribution is 5.76. The second-order valence-corrected chi connectivity index (χ2v) is 5.66. The Kier molecular flexibility index (Phi) is 4.85. The van der Waals surface area contributed by atoms with Crippen molar-refractivity contribution < 1.29 is 9.53 Å². The lowest BCUT2D eigenvalue weighted by Gasteiger charge is -2.07. The smallest absolute Gasteiger partial charge is 0.220 e. The number of aromatic nitrogens is 2. The first-order valence-electron chi connectivity index (χ1n) is 7.74. The molecule has 2 heterocycles. The number of rotatable bonds is 6. The van der Waals surface area contributed by atoms with Crippen LogP contribution in [-0.4, -0.2) is 35.4 Å². The van der Waals surface area contributed by atoms with Crippen LogP contribution >= 0.6 is 0 Å². The fraction of sp³-hybridized carbons (Fsp3) is 0.412. The summed E-state index contributed by atoms with van der Waals surface area (Å²) in [4.78, 5) is 11.8. The van der Waals surface area contributed by atoms with Crippen molar-refractivity contribution in [1.82, 2.24) is 15.1 Å². The number of hydrogen-bond acceptors (Lipinski definition) is 3. The number of carbonyl (C=O) groups is 1. The van der Waals surface area contributed by atoms with Gasteiger partial charge < -0.3 is 10.1 Å². The molecule has 1 N–H and O–H groups in total. The van der Waals surface area contributed by atoms with Crippen LogP contribution in [0.25, 0.3) is 5.69 Å². The third-order valence-electron chi connectivity index (χ3n) is 3.89. The largest absolute Gasteiger partial charge is 0.381 e. The third kappa shape index (κ3) is 3.95. The average Bonchev–Trinajstić information content (AvgIpc) is 3.20. The van der Waals surface area contributed by atoms with Crippen molar-refractivity contribution in [1.29, 1.82) is 0 Å². The summed E-state index contributed by atoms with van der Waals surface area (Å²) >= 11 is 0. The molecule has 1 saturated heterocycles. The fourth-order valence-corrected chi connectivity index (χ4v) is 2.64. The van der Waals surface area contributed by atoms with Gasteiger partial charge in [-0.2, -0.15) is 5.10 Å². The Balaban J connectivity index is 1.44. The highest BCUT2D eigenvalue weighted by atomic mass is 16.5. The Morgan fingerprint density at radius 1 is 1.36 bits per heavy atom. The monoisotopic (exact) mass is 299 g/mol. The molecule has 1 aliphatic heterocycles. The van der Waals surface area contributed by atoms with Gasteiger partial charge in [-0.3, -0.25) is 4.79 Å². The van der Waals surface area contributed by atoms with Gasteiger partial charge in [-0.05, 0) is 36.5 Å². The third-order valence-corrected chi connectivity index (χ3v) is 3.89. The standard InChI is InChI=1S/C17H21N3O2/c21-17(10-14-7-9-22-13-14)18-8-6-15-11-19-20(12-15)16-4-2-1-3-5-16/h1-5,11-12,14H,6-10,13H2,(H,18,21). The van der Waals surface area contributed by atoms with Crippen LogP contribution in [0.5, 0.6) is 0 Å². The molecule has 1 aromatic carbocycles. The number of ether oxygens (including phenoxy) is 1. The SMILES string of the molecule is O=C(CC1CCOC1)NCCc1cnn(-c2ccccc2)c1. The van der Waals surface area contributed by atoms with Crippen molar-refractivity contribution >= 4 is 5.91 Å². The molecule has 1 fully saturated rings. The molecule has 0 aliphatic carbocycles. The molecule has 5 nitrogen and oxygen atoms in total. The quantitative estimate of drug-likeness (QED) is 0.887. The number of amides is 1. The predicted molar refractivity (Wildman–Crippen MR) is 83.8 cm³/mol. The van der Waals surface area contributed by atoms with Gasteiger partial charge in [0.15, 0.2) is 0 Å². The number of nitrogens with one attached hydrogen (secondary N) is 1. The fourth-order valence-electron chi connectivity index (χ4n) is 2.64. The zero-order valence-electron chi connectivity index (χ0n) is 12.6.